The monoisotopic (exact) mass is 470 g/mol. The lowest BCUT2D eigenvalue weighted by atomic mass is 10.0. The Hall–Kier alpha value is -3.84. The normalized spacial score (nSPS) is 17.5. The van der Waals surface area contributed by atoms with Gasteiger partial charge in [0.2, 0.25) is 0 Å². The van der Waals surface area contributed by atoms with Crippen molar-refractivity contribution < 1.29 is 9.47 Å². The Morgan fingerprint density at radius 1 is 0.912 bits per heavy atom. The van der Waals surface area contributed by atoms with Crippen molar-refractivity contribution in [1.82, 2.24) is 19.8 Å². The van der Waals surface area contributed by atoms with Crippen LogP contribution in [0.25, 0.3) is 5.69 Å². The zero-order chi connectivity index (χ0) is 23.5. The van der Waals surface area contributed by atoms with Gasteiger partial charge in [0, 0.05) is 36.4 Å². The van der Waals surface area contributed by atoms with E-state index in [1.807, 2.05) is 54.7 Å². The van der Waals surface area contributed by atoms with E-state index in [4.69, 9.17) is 21.7 Å². The van der Waals surface area contributed by atoms with Gasteiger partial charge in [-0.1, -0.05) is 24.3 Å². The quantitative estimate of drug-likeness (QED) is 0.381. The summed E-state index contributed by atoms with van der Waals surface area (Å²) in [5.41, 5.74) is 4.24. The molecule has 0 radical (unpaired) electrons. The van der Waals surface area contributed by atoms with Gasteiger partial charge in [0.05, 0.1) is 32.0 Å². The highest BCUT2D eigenvalue weighted by Gasteiger charge is 2.41. The molecule has 6 nitrogen and oxygen atoms in total. The van der Waals surface area contributed by atoms with E-state index in [0.29, 0.717) is 11.7 Å². The number of nitrogens with one attached hydrogen (secondary N) is 1. The SMILES string of the molecule is COc1ccc(CN2C(=S)N[C@@H](c3ccccn3)[C@@H]2c2cccn2-c2cccc(OC)c2)cc1. The van der Waals surface area contributed by atoms with Crippen LogP contribution in [0.2, 0.25) is 0 Å². The maximum absolute atomic E-state index is 5.85. The van der Waals surface area contributed by atoms with E-state index in [1.165, 1.54) is 0 Å². The third-order valence-corrected chi connectivity index (χ3v) is 6.48. The molecule has 1 aliphatic heterocycles. The van der Waals surface area contributed by atoms with Gasteiger partial charge >= 0.3 is 0 Å². The Bertz CT molecular complexity index is 1270. The molecule has 0 aliphatic carbocycles. The Labute approximate surface area is 204 Å². The molecule has 0 saturated carbocycles. The van der Waals surface area contributed by atoms with E-state index in [1.54, 1.807) is 14.2 Å². The fourth-order valence-electron chi connectivity index (χ4n) is 4.46. The Kier molecular flexibility index (Phi) is 6.18. The first-order valence-corrected chi connectivity index (χ1v) is 11.5. The first kappa shape index (κ1) is 22.0. The fraction of sp³-hybridized carbons (Fsp3) is 0.185. The van der Waals surface area contributed by atoms with Gasteiger partial charge in [-0.25, -0.2) is 0 Å². The standard InChI is InChI=1S/C27H26N4O2S/c1-32-21-13-11-19(12-14-21)18-31-26(25(29-27(31)34)23-9-3-4-15-28-23)24-10-6-16-30(24)20-7-5-8-22(17-20)33-2/h3-17,25-26H,18H2,1-2H3,(H,29,34)/t25-,26-/m0/s1. The van der Waals surface area contributed by atoms with Crippen molar-refractivity contribution in [3.8, 4) is 17.2 Å². The lowest BCUT2D eigenvalue weighted by molar-refractivity contribution is 0.302. The molecule has 172 valence electrons. The second-order valence-electron chi connectivity index (χ2n) is 8.11. The summed E-state index contributed by atoms with van der Waals surface area (Å²) >= 11 is 5.85. The molecule has 0 amide bonds. The molecule has 2 aromatic carbocycles. The molecule has 7 heteroatoms. The van der Waals surface area contributed by atoms with Crippen LogP contribution in [0, 0.1) is 0 Å². The van der Waals surface area contributed by atoms with Gasteiger partial charge in [-0.05, 0) is 66.3 Å². The highest BCUT2D eigenvalue weighted by molar-refractivity contribution is 7.80. The van der Waals surface area contributed by atoms with Crippen LogP contribution in [0.5, 0.6) is 11.5 Å². The molecular formula is C27H26N4O2S. The maximum atomic E-state index is 5.85. The first-order chi connectivity index (χ1) is 16.7. The molecule has 2 aromatic heterocycles. The van der Waals surface area contributed by atoms with Crippen molar-refractivity contribution in [1.29, 1.82) is 0 Å². The topological polar surface area (TPSA) is 51.5 Å². The third kappa shape index (κ3) is 4.22. The second kappa shape index (κ2) is 9.57. The molecule has 1 saturated heterocycles. The fourth-order valence-corrected chi connectivity index (χ4v) is 4.76. The molecule has 2 atom stereocenters. The lowest BCUT2D eigenvalue weighted by Gasteiger charge is -2.29. The van der Waals surface area contributed by atoms with Crippen molar-refractivity contribution in [2.45, 2.75) is 18.6 Å². The molecule has 0 spiro atoms. The highest BCUT2D eigenvalue weighted by Crippen LogP contribution is 2.40. The van der Waals surface area contributed by atoms with Crippen LogP contribution in [-0.2, 0) is 6.54 Å². The number of aromatic nitrogens is 2. The summed E-state index contributed by atoms with van der Waals surface area (Å²) in [6, 6.07) is 26.2. The van der Waals surface area contributed by atoms with Crippen molar-refractivity contribution in [3.63, 3.8) is 0 Å². The van der Waals surface area contributed by atoms with E-state index in [2.05, 4.69) is 56.3 Å². The molecule has 4 aromatic rings. The summed E-state index contributed by atoms with van der Waals surface area (Å²) in [7, 11) is 3.36. The zero-order valence-corrected chi connectivity index (χ0v) is 19.9. The summed E-state index contributed by atoms with van der Waals surface area (Å²) in [6.07, 6.45) is 3.90. The minimum Gasteiger partial charge on any atom is -0.497 e. The lowest BCUT2D eigenvalue weighted by Crippen LogP contribution is -2.30. The number of pyridine rings is 1. The smallest absolute Gasteiger partial charge is 0.170 e. The average Bonchev–Trinajstić information content (AvgIpc) is 3.49. The van der Waals surface area contributed by atoms with Gasteiger partial charge in [-0.15, -0.1) is 0 Å². The van der Waals surface area contributed by atoms with Crippen molar-refractivity contribution in [2.75, 3.05) is 14.2 Å². The number of nitrogens with zero attached hydrogens (tertiary/aromatic N) is 3. The van der Waals surface area contributed by atoms with Crippen LogP contribution in [0.3, 0.4) is 0 Å². The van der Waals surface area contributed by atoms with E-state index in [9.17, 15) is 0 Å². The number of hydrogen-bond donors (Lipinski definition) is 1. The van der Waals surface area contributed by atoms with Crippen LogP contribution in [0.1, 0.15) is 29.0 Å². The summed E-state index contributed by atoms with van der Waals surface area (Å²) in [5.74, 6) is 1.65. The van der Waals surface area contributed by atoms with Crippen LogP contribution >= 0.6 is 12.2 Å². The average molecular weight is 471 g/mol. The summed E-state index contributed by atoms with van der Waals surface area (Å²) < 4.78 is 13.0. The maximum Gasteiger partial charge on any atom is 0.170 e. The van der Waals surface area contributed by atoms with Gasteiger partial charge in [0.15, 0.2) is 5.11 Å². The Balaban J connectivity index is 1.57. The number of thiocarbonyl (C=S) groups is 1. The van der Waals surface area contributed by atoms with Gasteiger partial charge < -0.3 is 24.3 Å². The van der Waals surface area contributed by atoms with E-state index in [-0.39, 0.29) is 12.1 Å². The molecule has 1 N–H and O–H groups in total. The number of hydrogen-bond acceptors (Lipinski definition) is 4. The minimum absolute atomic E-state index is 0.0642. The number of rotatable bonds is 7. The van der Waals surface area contributed by atoms with E-state index >= 15 is 0 Å². The molecule has 1 aliphatic rings. The van der Waals surface area contributed by atoms with Gasteiger partial charge in [-0.2, -0.15) is 0 Å². The number of benzene rings is 2. The predicted octanol–water partition coefficient (Wildman–Crippen LogP) is 5.06. The molecule has 0 bridgehead atoms. The Morgan fingerprint density at radius 3 is 2.47 bits per heavy atom. The molecule has 0 unspecified atom stereocenters. The van der Waals surface area contributed by atoms with Gasteiger partial charge in [0.25, 0.3) is 0 Å². The van der Waals surface area contributed by atoms with Crippen molar-refractivity contribution in [2.24, 2.45) is 0 Å². The number of ether oxygens (including phenoxy) is 2. The molecule has 5 rings (SSSR count). The van der Waals surface area contributed by atoms with Crippen molar-refractivity contribution in [3.05, 3.63) is 108 Å². The minimum atomic E-state index is -0.0915. The van der Waals surface area contributed by atoms with Crippen LogP contribution in [0.15, 0.2) is 91.3 Å². The third-order valence-electron chi connectivity index (χ3n) is 6.12. The Morgan fingerprint density at radius 2 is 1.74 bits per heavy atom. The highest BCUT2D eigenvalue weighted by atomic mass is 32.1. The van der Waals surface area contributed by atoms with Gasteiger partial charge in [-0.3, -0.25) is 4.98 Å². The summed E-state index contributed by atoms with van der Waals surface area (Å²) in [6.45, 7) is 0.660. The summed E-state index contributed by atoms with van der Waals surface area (Å²) in [5, 5.41) is 4.24. The molecule has 3 heterocycles. The number of methoxy groups -OCH3 is 2. The largest absolute Gasteiger partial charge is 0.497 e. The summed E-state index contributed by atoms with van der Waals surface area (Å²) in [4.78, 5) is 6.89. The molecule has 1 fully saturated rings. The molecular weight excluding hydrogens is 444 g/mol. The van der Waals surface area contributed by atoms with Crippen LogP contribution in [0.4, 0.5) is 0 Å². The second-order valence-corrected chi connectivity index (χ2v) is 8.49. The van der Waals surface area contributed by atoms with Gasteiger partial charge in [0.1, 0.15) is 11.5 Å². The predicted molar refractivity (Wildman–Crippen MR) is 136 cm³/mol. The van der Waals surface area contributed by atoms with E-state index in [0.717, 1.165) is 34.1 Å². The van der Waals surface area contributed by atoms with Crippen LogP contribution < -0.4 is 14.8 Å². The molecule has 34 heavy (non-hydrogen) atoms. The first-order valence-electron chi connectivity index (χ1n) is 11.1. The van der Waals surface area contributed by atoms with Crippen LogP contribution in [-0.4, -0.2) is 33.8 Å². The zero-order valence-electron chi connectivity index (χ0n) is 19.1. The van der Waals surface area contributed by atoms with Crippen molar-refractivity contribution >= 4 is 17.3 Å². The van der Waals surface area contributed by atoms with E-state index < -0.39 is 0 Å².